The molecule has 0 aliphatic carbocycles. The summed E-state index contributed by atoms with van der Waals surface area (Å²) < 4.78 is 43.1. The Bertz CT molecular complexity index is 463. The number of hydrogen-bond donors (Lipinski definition) is 2. The molecule has 0 aliphatic heterocycles. The first-order valence-electron chi connectivity index (χ1n) is 6.19. The second-order valence-corrected chi connectivity index (χ2v) is 4.54. The summed E-state index contributed by atoms with van der Waals surface area (Å²) in [4.78, 5) is -0.0663. The molecule has 0 saturated carbocycles. The minimum absolute atomic E-state index is 0.0663. The van der Waals surface area contributed by atoms with Gasteiger partial charge in [-0.2, -0.15) is 13.2 Å². The van der Waals surface area contributed by atoms with Crippen LogP contribution < -0.4 is 11.1 Å². The van der Waals surface area contributed by atoms with Crippen LogP contribution in [0.15, 0.2) is 18.2 Å². The summed E-state index contributed by atoms with van der Waals surface area (Å²) in [5.74, 6) is 0. The number of thiocarbonyl (C=S) groups is 1. The number of rotatable bonds is 7. The van der Waals surface area contributed by atoms with Gasteiger partial charge in [-0.05, 0) is 31.5 Å². The average molecular weight is 306 g/mol. The van der Waals surface area contributed by atoms with Gasteiger partial charge < -0.3 is 15.8 Å². The third kappa shape index (κ3) is 4.97. The van der Waals surface area contributed by atoms with Crippen molar-refractivity contribution in [3.05, 3.63) is 29.3 Å². The van der Waals surface area contributed by atoms with E-state index in [0.29, 0.717) is 25.4 Å². The largest absolute Gasteiger partial charge is 0.416 e. The first kappa shape index (κ1) is 16.7. The maximum Gasteiger partial charge on any atom is 0.416 e. The van der Waals surface area contributed by atoms with Crippen LogP contribution in [0, 0.1) is 0 Å². The Morgan fingerprint density at radius 2 is 2.10 bits per heavy atom. The van der Waals surface area contributed by atoms with Crippen LogP contribution in [0.25, 0.3) is 0 Å². The molecular weight excluding hydrogens is 289 g/mol. The fourth-order valence-electron chi connectivity index (χ4n) is 1.62. The van der Waals surface area contributed by atoms with Crippen molar-refractivity contribution in [2.24, 2.45) is 5.73 Å². The molecule has 0 unspecified atom stereocenters. The van der Waals surface area contributed by atoms with Crippen LogP contribution in [0.3, 0.4) is 0 Å². The van der Waals surface area contributed by atoms with E-state index in [1.807, 2.05) is 6.92 Å². The highest BCUT2D eigenvalue weighted by atomic mass is 32.1. The van der Waals surface area contributed by atoms with Crippen LogP contribution in [0.1, 0.15) is 24.5 Å². The van der Waals surface area contributed by atoms with Crippen molar-refractivity contribution in [3.63, 3.8) is 0 Å². The molecule has 0 radical (unpaired) electrons. The Kier molecular flexibility index (Phi) is 6.22. The van der Waals surface area contributed by atoms with Crippen LogP contribution in [-0.2, 0) is 10.9 Å². The number of halogens is 3. The van der Waals surface area contributed by atoms with Gasteiger partial charge in [-0.25, -0.2) is 0 Å². The average Bonchev–Trinajstić information content (AvgIpc) is 2.37. The lowest BCUT2D eigenvalue weighted by atomic mass is 10.1. The highest BCUT2D eigenvalue weighted by Crippen LogP contribution is 2.31. The molecule has 1 aromatic rings. The van der Waals surface area contributed by atoms with Gasteiger partial charge in [0.2, 0.25) is 0 Å². The standard InChI is InChI=1S/C13H17F3N2OS/c1-2-19-7-3-6-18-11-5-4-9(13(14,15)16)8-10(11)12(17)20/h4-5,8,18H,2-3,6-7H2,1H3,(H2,17,20). The van der Waals surface area contributed by atoms with Crippen molar-refractivity contribution in [2.75, 3.05) is 25.1 Å². The van der Waals surface area contributed by atoms with Gasteiger partial charge in [0, 0.05) is 31.0 Å². The van der Waals surface area contributed by atoms with Crippen LogP contribution in [-0.4, -0.2) is 24.7 Å². The molecule has 20 heavy (non-hydrogen) atoms. The van der Waals surface area contributed by atoms with Crippen molar-refractivity contribution in [2.45, 2.75) is 19.5 Å². The maximum atomic E-state index is 12.6. The molecule has 0 spiro atoms. The van der Waals surface area contributed by atoms with Gasteiger partial charge in [-0.15, -0.1) is 0 Å². The first-order chi connectivity index (χ1) is 9.36. The summed E-state index contributed by atoms with van der Waals surface area (Å²) in [5, 5.41) is 3.02. The number of nitrogens with two attached hydrogens (primary N) is 1. The van der Waals surface area contributed by atoms with Crippen LogP contribution in [0.4, 0.5) is 18.9 Å². The zero-order valence-corrected chi connectivity index (χ0v) is 11.9. The third-order valence-electron chi connectivity index (χ3n) is 2.60. The second kappa shape index (κ2) is 7.44. The Hall–Kier alpha value is -1.34. The van der Waals surface area contributed by atoms with E-state index in [0.717, 1.165) is 18.6 Å². The molecule has 112 valence electrons. The summed E-state index contributed by atoms with van der Waals surface area (Å²) >= 11 is 4.80. The maximum absolute atomic E-state index is 12.6. The molecule has 0 aromatic heterocycles. The molecular formula is C13H17F3N2OS. The smallest absolute Gasteiger partial charge is 0.389 e. The van der Waals surface area contributed by atoms with Crippen molar-refractivity contribution < 1.29 is 17.9 Å². The van der Waals surface area contributed by atoms with Gasteiger partial charge >= 0.3 is 6.18 Å². The summed E-state index contributed by atoms with van der Waals surface area (Å²) in [6, 6.07) is 3.32. The van der Waals surface area contributed by atoms with Crippen molar-refractivity contribution in [1.29, 1.82) is 0 Å². The highest BCUT2D eigenvalue weighted by molar-refractivity contribution is 7.80. The summed E-state index contributed by atoms with van der Waals surface area (Å²) in [5.41, 5.74) is 5.42. The van der Waals surface area contributed by atoms with Crippen LogP contribution in [0.5, 0.6) is 0 Å². The predicted molar refractivity (Wildman–Crippen MR) is 76.9 cm³/mol. The molecule has 0 aliphatic rings. The van der Waals surface area contributed by atoms with Gasteiger partial charge in [-0.1, -0.05) is 12.2 Å². The van der Waals surface area contributed by atoms with E-state index >= 15 is 0 Å². The number of hydrogen-bond acceptors (Lipinski definition) is 3. The van der Waals surface area contributed by atoms with Gasteiger partial charge in [0.05, 0.1) is 5.56 Å². The molecule has 0 heterocycles. The summed E-state index contributed by atoms with van der Waals surface area (Å²) in [6.45, 7) is 3.69. The minimum Gasteiger partial charge on any atom is -0.389 e. The van der Waals surface area contributed by atoms with Gasteiger partial charge in [0.1, 0.15) is 4.99 Å². The van der Waals surface area contributed by atoms with E-state index in [9.17, 15) is 13.2 Å². The van der Waals surface area contributed by atoms with E-state index in [1.165, 1.54) is 6.07 Å². The first-order valence-corrected chi connectivity index (χ1v) is 6.59. The summed E-state index contributed by atoms with van der Waals surface area (Å²) in [6.07, 6.45) is -3.67. The molecule has 3 N–H and O–H groups in total. The Morgan fingerprint density at radius 1 is 1.40 bits per heavy atom. The number of alkyl halides is 3. The van der Waals surface area contributed by atoms with E-state index < -0.39 is 11.7 Å². The summed E-state index contributed by atoms with van der Waals surface area (Å²) in [7, 11) is 0. The fourth-order valence-corrected chi connectivity index (χ4v) is 1.79. The molecule has 0 fully saturated rings. The lowest BCUT2D eigenvalue weighted by Crippen LogP contribution is -2.16. The molecule has 3 nitrogen and oxygen atoms in total. The normalized spacial score (nSPS) is 11.4. The lowest BCUT2D eigenvalue weighted by molar-refractivity contribution is -0.137. The van der Waals surface area contributed by atoms with Crippen molar-refractivity contribution in [1.82, 2.24) is 0 Å². The quantitative estimate of drug-likeness (QED) is 0.600. The van der Waals surface area contributed by atoms with E-state index in [4.69, 9.17) is 22.7 Å². The molecule has 0 amide bonds. The van der Waals surface area contributed by atoms with E-state index in [-0.39, 0.29) is 10.6 Å². The Balaban J connectivity index is 2.78. The van der Waals surface area contributed by atoms with E-state index in [1.54, 1.807) is 0 Å². The highest BCUT2D eigenvalue weighted by Gasteiger charge is 2.31. The van der Waals surface area contributed by atoms with Crippen LogP contribution in [0.2, 0.25) is 0 Å². The minimum atomic E-state index is -4.41. The van der Waals surface area contributed by atoms with Gasteiger partial charge in [0.15, 0.2) is 0 Å². The second-order valence-electron chi connectivity index (χ2n) is 4.10. The monoisotopic (exact) mass is 306 g/mol. The number of ether oxygens (including phenoxy) is 1. The Labute approximate surface area is 121 Å². The number of nitrogens with one attached hydrogen (secondary N) is 1. The fraction of sp³-hybridized carbons (Fsp3) is 0.462. The molecule has 0 saturated heterocycles. The molecule has 7 heteroatoms. The van der Waals surface area contributed by atoms with E-state index in [2.05, 4.69) is 5.32 Å². The van der Waals surface area contributed by atoms with Crippen molar-refractivity contribution in [3.8, 4) is 0 Å². The number of anilines is 1. The molecule has 0 atom stereocenters. The van der Waals surface area contributed by atoms with Crippen LogP contribution >= 0.6 is 12.2 Å². The number of benzene rings is 1. The SMILES string of the molecule is CCOCCCNc1ccc(C(F)(F)F)cc1C(N)=S. The topological polar surface area (TPSA) is 47.3 Å². The van der Waals surface area contributed by atoms with Gasteiger partial charge in [-0.3, -0.25) is 0 Å². The Morgan fingerprint density at radius 3 is 2.65 bits per heavy atom. The predicted octanol–water partition coefficient (Wildman–Crippen LogP) is 3.18. The molecule has 1 aromatic carbocycles. The lowest BCUT2D eigenvalue weighted by Gasteiger charge is -2.14. The molecule has 0 bridgehead atoms. The van der Waals surface area contributed by atoms with Gasteiger partial charge in [0.25, 0.3) is 0 Å². The molecule has 1 rings (SSSR count). The zero-order chi connectivity index (χ0) is 15.2. The van der Waals surface area contributed by atoms with Crippen molar-refractivity contribution >= 4 is 22.9 Å². The third-order valence-corrected chi connectivity index (χ3v) is 2.82. The zero-order valence-electron chi connectivity index (χ0n) is 11.1.